The van der Waals surface area contributed by atoms with Crippen molar-refractivity contribution in [2.45, 2.75) is 39.7 Å². The van der Waals surface area contributed by atoms with Gasteiger partial charge in [-0.3, -0.25) is 4.79 Å². The number of halogens is 1. The molecule has 0 aliphatic carbocycles. The standard InChI is InChI=1S/C22H25FN4O/c1-15(2)12-17-4-6-18(7-5-17)16(3)22(28)24-13-20-14-27(26-25-20)21-10-8-19(23)9-11-21/h4-11,14-16H,12-13H2,1-3H3,(H,24,28). The molecule has 0 aliphatic rings. The topological polar surface area (TPSA) is 59.8 Å². The van der Waals surface area contributed by atoms with Crippen molar-refractivity contribution in [3.05, 3.63) is 77.4 Å². The van der Waals surface area contributed by atoms with Gasteiger partial charge in [0.2, 0.25) is 5.91 Å². The van der Waals surface area contributed by atoms with E-state index < -0.39 is 0 Å². The molecule has 2 aromatic carbocycles. The van der Waals surface area contributed by atoms with Gasteiger partial charge in [-0.1, -0.05) is 43.3 Å². The molecule has 0 bridgehead atoms. The summed E-state index contributed by atoms with van der Waals surface area (Å²) in [5, 5.41) is 11.0. The van der Waals surface area contributed by atoms with Crippen molar-refractivity contribution in [3.63, 3.8) is 0 Å². The number of amides is 1. The summed E-state index contributed by atoms with van der Waals surface area (Å²) in [6.45, 7) is 6.56. The number of hydrogen-bond acceptors (Lipinski definition) is 3. The number of carbonyl (C=O) groups is 1. The third kappa shape index (κ3) is 5.03. The normalized spacial score (nSPS) is 12.2. The smallest absolute Gasteiger partial charge is 0.227 e. The van der Waals surface area contributed by atoms with Gasteiger partial charge in [-0.2, -0.15) is 0 Å². The second kappa shape index (κ2) is 8.78. The minimum atomic E-state index is -0.303. The highest BCUT2D eigenvalue weighted by Gasteiger charge is 2.15. The number of nitrogens with one attached hydrogen (secondary N) is 1. The Morgan fingerprint density at radius 3 is 2.39 bits per heavy atom. The van der Waals surface area contributed by atoms with Crippen LogP contribution in [-0.4, -0.2) is 20.9 Å². The molecule has 28 heavy (non-hydrogen) atoms. The van der Waals surface area contributed by atoms with E-state index in [0.29, 0.717) is 17.3 Å². The first kappa shape index (κ1) is 19.7. The van der Waals surface area contributed by atoms with Crippen molar-refractivity contribution in [2.24, 2.45) is 5.92 Å². The summed E-state index contributed by atoms with van der Waals surface area (Å²) in [5.41, 5.74) is 3.61. The summed E-state index contributed by atoms with van der Waals surface area (Å²) in [6, 6.07) is 14.2. The van der Waals surface area contributed by atoms with Crippen LogP contribution < -0.4 is 5.32 Å². The Labute approximate surface area is 164 Å². The van der Waals surface area contributed by atoms with Crippen molar-refractivity contribution in [3.8, 4) is 5.69 Å². The van der Waals surface area contributed by atoms with Crippen LogP contribution in [0.1, 0.15) is 43.5 Å². The van der Waals surface area contributed by atoms with E-state index in [2.05, 4.69) is 41.6 Å². The molecular formula is C22H25FN4O. The molecule has 1 amide bonds. The van der Waals surface area contributed by atoms with Crippen LogP contribution in [0.25, 0.3) is 5.69 Å². The summed E-state index contributed by atoms with van der Waals surface area (Å²) in [6.07, 6.45) is 2.75. The lowest BCUT2D eigenvalue weighted by Gasteiger charge is -2.13. The molecule has 1 N–H and O–H groups in total. The van der Waals surface area contributed by atoms with Gasteiger partial charge in [-0.25, -0.2) is 9.07 Å². The molecule has 0 spiro atoms. The maximum absolute atomic E-state index is 13.0. The van der Waals surface area contributed by atoms with Crippen LogP contribution in [0.2, 0.25) is 0 Å². The molecular weight excluding hydrogens is 355 g/mol. The molecule has 0 fully saturated rings. The monoisotopic (exact) mass is 380 g/mol. The molecule has 1 aromatic heterocycles. The third-order valence-electron chi connectivity index (χ3n) is 4.59. The Kier molecular flexibility index (Phi) is 6.19. The number of hydrogen-bond donors (Lipinski definition) is 1. The lowest BCUT2D eigenvalue weighted by molar-refractivity contribution is -0.122. The third-order valence-corrected chi connectivity index (χ3v) is 4.59. The van der Waals surface area contributed by atoms with Gasteiger partial charge in [0.05, 0.1) is 24.3 Å². The highest BCUT2D eigenvalue weighted by Crippen LogP contribution is 2.18. The van der Waals surface area contributed by atoms with E-state index in [4.69, 9.17) is 0 Å². The molecule has 0 aliphatic heterocycles. The van der Waals surface area contributed by atoms with Crippen molar-refractivity contribution in [1.82, 2.24) is 20.3 Å². The van der Waals surface area contributed by atoms with Gasteiger partial charge < -0.3 is 5.32 Å². The predicted octanol–water partition coefficient (Wildman–Crippen LogP) is 4.02. The minimum Gasteiger partial charge on any atom is -0.350 e. The van der Waals surface area contributed by atoms with Crippen LogP contribution in [0.15, 0.2) is 54.7 Å². The number of nitrogens with zero attached hydrogens (tertiary/aromatic N) is 3. The minimum absolute atomic E-state index is 0.0621. The van der Waals surface area contributed by atoms with Gasteiger partial charge in [0.15, 0.2) is 0 Å². The van der Waals surface area contributed by atoms with Crippen LogP contribution in [0.4, 0.5) is 4.39 Å². The van der Waals surface area contributed by atoms with Gasteiger partial charge in [0, 0.05) is 0 Å². The zero-order chi connectivity index (χ0) is 20.1. The number of rotatable bonds is 7. The van der Waals surface area contributed by atoms with Gasteiger partial charge >= 0.3 is 0 Å². The number of carbonyl (C=O) groups excluding carboxylic acids is 1. The highest BCUT2D eigenvalue weighted by molar-refractivity contribution is 5.83. The molecule has 1 unspecified atom stereocenters. The second-order valence-corrected chi connectivity index (χ2v) is 7.41. The average Bonchev–Trinajstić information content (AvgIpc) is 3.15. The zero-order valence-electron chi connectivity index (χ0n) is 16.4. The molecule has 0 saturated heterocycles. The first-order valence-corrected chi connectivity index (χ1v) is 9.46. The highest BCUT2D eigenvalue weighted by atomic mass is 19.1. The largest absolute Gasteiger partial charge is 0.350 e. The molecule has 5 nitrogen and oxygen atoms in total. The maximum Gasteiger partial charge on any atom is 0.227 e. The molecule has 6 heteroatoms. The first-order chi connectivity index (χ1) is 13.4. The lowest BCUT2D eigenvalue weighted by Crippen LogP contribution is -2.27. The van der Waals surface area contributed by atoms with Gasteiger partial charge in [0.25, 0.3) is 0 Å². The Morgan fingerprint density at radius 1 is 1.07 bits per heavy atom. The molecule has 3 aromatic rings. The fourth-order valence-electron chi connectivity index (χ4n) is 3.00. The van der Waals surface area contributed by atoms with Gasteiger partial charge in [-0.15, -0.1) is 5.10 Å². The summed E-state index contributed by atoms with van der Waals surface area (Å²) < 4.78 is 14.6. The van der Waals surface area contributed by atoms with E-state index in [9.17, 15) is 9.18 Å². The Balaban J connectivity index is 1.57. The SMILES string of the molecule is CC(C)Cc1ccc(C(C)C(=O)NCc2cn(-c3ccc(F)cc3)nn2)cc1. The van der Waals surface area contributed by atoms with E-state index in [0.717, 1.165) is 12.0 Å². The fraction of sp³-hybridized carbons (Fsp3) is 0.318. The van der Waals surface area contributed by atoms with E-state index in [1.165, 1.54) is 17.7 Å². The summed E-state index contributed by atoms with van der Waals surface area (Å²) in [7, 11) is 0. The van der Waals surface area contributed by atoms with Crippen molar-refractivity contribution >= 4 is 5.91 Å². The first-order valence-electron chi connectivity index (χ1n) is 9.46. The lowest BCUT2D eigenvalue weighted by atomic mass is 9.96. The molecule has 1 heterocycles. The summed E-state index contributed by atoms with van der Waals surface area (Å²) in [5.74, 6) is -0.00865. The van der Waals surface area contributed by atoms with E-state index >= 15 is 0 Å². The second-order valence-electron chi connectivity index (χ2n) is 7.41. The maximum atomic E-state index is 13.0. The number of aromatic nitrogens is 3. The summed E-state index contributed by atoms with van der Waals surface area (Å²) >= 11 is 0. The molecule has 3 rings (SSSR count). The summed E-state index contributed by atoms with van der Waals surface area (Å²) in [4.78, 5) is 12.5. The van der Waals surface area contributed by atoms with Gasteiger partial charge in [0.1, 0.15) is 11.5 Å². The van der Waals surface area contributed by atoms with Crippen LogP contribution in [0.3, 0.4) is 0 Å². The van der Waals surface area contributed by atoms with Crippen LogP contribution in [-0.2, 0) is 17.8 Å². The quantitative estimate of drug-likeness (QED) is 0.673. The van der Waals surface area contributed by atoms with Crippen LogP contribution in [0, 0.1) is 11.7 Å². The van der Waals surface area contributed by atoms with Crippen LogP contribution >= 0.6 is 0 Å². The Bertz CT molecular complexity index is 916. The van der Waals surface area contributed by atoms with Crippen LogP contribution in [0.5, 0.6) is 0 Å². The number of benzene rings is 2. The van der Waals surface area contributed by atoms with E-state index in [1.807, 2.05) is 19.1 Å². The van der Waals surface area contributed by atoms with Gasteiger partial charge in [-0.05, 0) is 54.7 Å². The Morgan fingerprint density at radius 2 is 1.75 bits per heavy atom. The molecule has 1 atom stereocenters. The van der Waals surface area contributed by atoms with E-state index in [1.54, 1.807) is 23.0 Å². The zero-order valence-corrected chi connectivity index (χ0v) is 16.4. The fourth-order valence-corrected chi connectivity index (χ4v) is 3.00. The molecule has 0 radical (unpaired) electrons. The van der Waals surface area contributed by atoms with Crippen molar-refractivity contribution in [2.75, 3.05) is 0 Å². The van der Waals surface area contributed by atoms with Crippen molar-refractivity contribution < 1.29 is 9.18 Å². The Hall–Kier alpha value is -3.02. The molecule has 146 valence electrons. The average molecular weight is 380 g/mol. The molecule has 0 saturated carbocycles. The van der Waals surface area contributed by atoms with Crippen molar-refractivity contribution in [1.29, 1.82) is 0 Å². The van der Waals surface area contributed by atoms with E-state index in [-0.39, 0.29) is 24.2 Å². The predicted molar refractivity (Wildman–Crippen MR) is 107 cm³/mol.